The van der Waals surface area contributed by atoms with Gasteiger partial charge in [-0.15, -0.1) is 0 Å². The molecule has 0 atom stereocenters. The Kier molecular flexibility index (Phi) is 12.5. The number of ether oxygens (including phenoxy) is 3. The van der Waals surface area contributed by atoms with Crippen molar-refractivity contribution in [3.8, 4) is 11.5 Å². The molecule has 0 saturated carbocycles. The highest BCUT2D eigenvalue weighted by molar-refractivity contribution is 7.85. The van der Waals surface area contributed by atoms with Crippen molar-refractivity contribution < 1.29 is 32.0 Å². The highest BCUT2D eigenvalue weighted by Crippen LogP contribution is 2.35. The second-order valence-electron chi connectivity index (χ2n) is 10.3. The molecule has 240 valence electrons. The molecule has 1 aliphatic rings. The van der Waals surface area contributed by atoms with Crippen LogP contribution in [-0.2, 0) is 26.3 Å². The van der Waals surface area contributed by atoms with Crippen LogP contribution in [-0.4, -0.2) is 86.4 Å². The summed E-state index contributed by atoms with van der Waals surface area (Å²) in [6.07, 6.45) is 3.18. The van der Waals surface area contributed by atoms with E-state index in [2.05, 4.69) is 25.3 Å². The summed E-state index contributed by atoms with van der Waals surface area (Å²) in [5.41, 5.74) is 4.52. The average Bonchev–Trinajstić information content (AvgIpc) is 3.03. The molecule has 1 saturated heterocycles. The Balaban J connectivity index is 0.000000854. The average molecular weight is 638 g/mol. The van der Waals surface area contributed by atoms with Crippen LogP contribution in [0.3, 0.4) is 0 Å². The molecule has 1 aliphatic heterocycles. The lowest BCUT2D eigenvalue weighted by Crippen LogP contribution is -2.37. The molecule has 1 fully saturated rings. The first kappa shape index (κ1) is 33.6. The highest BCUT2D eigenvalue weighted by Gasteiger charge is 2.14. The van der Waals surface area contributed by atoms with E-state index in [1.165, 1.54) is 0 Å². The number of oxime groups is 1. The van der Waals surface area contributed by atoms with Crippen LogP contribution in [0.1, 0.15) is 24.5 Å². The number of anilines is 2. The van der Waals surface area contributed by atoms with Crippen molar-refractivity contribution in [3.63, 3.8) is 0 Å². The summed E-state index contributed by atoms with van der Waals surface area (Å²) in [6.45, 7) is 7.48. The third-order valence-electron chi connectivity index (χ3n) is 6.74. The van der Waals surface area contributed by atoms with Gasteiger partial charge in [0.05, 0.1) is 44.4 Å². The first-order chi connectivity index (χ1) is 21.7. The van der Waals surface area contributed by atoms with Crippen LogP contribution in [0.2, 0.25) is 0 Å². The summed E-state index contributed by atoms with van der Waals surface area (Å²) in [5, 5.41) is 8.53. The minimum Gasteiger partial charge on any atom is -0.493 e. The molecular weight excluding hydrogens is 598 g/mol. The number of fused-ring (bicyclic) bond motifs is 1. The van der Waals surface area contributed by atoms with Crippen LogP contribution in [0.15, 0.2) is 78.2 Å². The number of aromatic nitrogens is 2. The lowest BCUT2D eigenvalue weighted by Gasteiger charge is -2.26. The summed E-state index contributed by atoms with van der Waals surface area (Å²) in [7, 11) is -2.03. The summed E-state index contributed by atoms with van der Waals surface area (Å²) >= 11 is 0. The molecule has 2 N–H and O–H groups in total. The van der Waals surface area contributed by atoms with Crippen LogP contribution < -0.4 is 14.8 Å². The van der Waals surface area contributed by atoms with E-state index in [-0.39, 0.29) is 0 Å². The van der Waals surface area contributed by atoms with E-state index >= 15 is 0 Å². The highest BCUT2D eigenvalue weighted by atomic mass is 32.2. The fourth-order valence-electron chi connectivity index (χ4n) is 4.49. The molecule has 0 unspecified atom stereocenters. The molecule has 0 bridgehead atoms. The van der Waals surface area contributed by atoms with Crippen LogP contribution >= 0.6 is 0 Å². The number of nitrogens with one attached hydrogen (secondary N) is 1. The van der Waals surface area contributed by atoms with Crippen molar-refractivity contribution in [1.29, 1.82) is 0 Å². The molecule has 45 heavy (non-hydrogen) atoms. The lowest BCUT2D eigenvalue weighted by molar-refractivity contribution is 0.0357. The minimum atomic E-state index is -3.67. The predicted octanol–water partition coefficient (Wildman–Crippen LogP) is 4.93. The van der Waals surface area contributed by atoms with Gasteiger partial charge < -0.3 is 24.4 Å². The fourth-order valence-corrected chi connectivity index (χ4v) is 4.49. The Bertz CT molecular complexity index is 1640. The third kappa shape index (κ3) is 11.3. The van der Waals surface area contributed by atoms with Gasteiger partial charge in [0.15, 0.2) is 11.5 Å². The number of morpholine rings is 1. The van der Waals surface area contributed by atoms with Crippen molar-refractivity contribution >= 4 is 38.2 Å². The third-order valence-corrected chi connectivity index (χ3v) is 6.74. The minimum absolute atomic E-state index is 0.433. The molecule has 12 nitrogen and oxygen atoms in total. The van der Waals surface area contributed by atoms with Crippen molar-refractivity contribution in [2.45, 2.75) is 20.0 Å². The standard InChI is InChI=1S/C31H35N5O4.CH4O3S/c1-23(35-40-21-24-7-4-3-5-8-24)25-9-11-26(12-10-25)34-31-27-19-30(29(37-2)20-28(27)32-22-33-31)39-16-6-13-36-14-17-38-18-15-36;1-5(2,3)4/h3-5,7-12,19-20,22H,6,13-18,21H2,1-2H3,(H,32,33,34);1H3,(H,2,3,4)/b35-23-;. The molecule has 0 aliphatic carbocycles. The van der Waals surface area contributed by atoms with Gasteiger partial charge in [-0.2, -0.15) is 8.42 Å². The van der Waals surface area contributed by atoms with E-state index < -0.39 is 10.1 Å². The maximum absolute atomic E-state index is 9.19. The second kappa shape index (κ2) is 16.7. The second-order valence-corrected chi connectivity index (χ2v) is 11.7. The monoisotopic (exact) mass is 637 g/mol. The van der Waals surface area contributed by atoms with Gasteiger partial charge in [0.2, 0.25) is 0 Å². The SMILES string of the molecule is COc1cc2ncnc(Nc3ccc(/C(C)=N\OCc4ccccc4)cc3)c2cc1OCCCN1CCOCC1.CS(=O)(=O)O. The Morgan fingerprint density at radius 1 is 1.04 bits per heavy atom. The summed E-state index contributed by atoms with van der Waals surface area (Å²) in [6, 6.07) is 21.8. The number of methoxy groups -OCH3 is 1. The molecule has 13 heteroatoms. The Morgan fingerprint density at radius 2 is 1.76 bits per heavy atom. The Morgan fingerprint density at radius 3 is 2.44 bits per heavy atom. The lowest BCUT2D eigenvalue weighted by atomic mass is 10.1. The van der Waals surface area contributed by atoms with Crippen LogP contribution in [0, 0.1) is 0 Å². The first-order valence-electron chi connectivity index (χ1n) is 14.5. The quantitative estimate of drug-likeness (QED) is 0.0944. The summed E-state index contributed by atoms with van der Waals surface area (Å²) in [5.74, 6) is 2.01. The largest absolute Gasteiger partial charge is 0.493 e. The summed E-state index contributed by atoms with van der Waals surface area (Å²) < 4.78 is 43.0. The van der Waals surface area contributed by atoms with Gasteiger partial charge in [-0.05, 0) is 42.7 Å². The van der Waals surface area contributed by atoms with Crippen molar-refractivity contribution in [3.05, 3.63) is 84.2 Å². The molecule has 0 spiro atoms. The fraction of sp³-hybridized carbons (Fsp3) is 0.344. The normalized spacial score (nSPS) is 13.9. The zero-order valence-electron chi connectivity index (χ0n) is 25.7. The summed E-state index contributed by atoms with van der Waals surface area (Å²) in [4.78, 5) is 16.9. The maximum atomic E-state index is 9.19. The van der Waals surface area contributed by atoms with Crippen molar-refractivity contribution in [1.82, 2.24) is 14.9 Å². The van der Waals surface area contributed by atoms with Crippen molar-refractivity contribution in [2.24, 2.45) is 5.16 Å². The van der Waals surface area contributed by atoms with Gasteiger partial charge in [0.1, 0.15) is 18.8 Å². The van der Waals surface area contributed by atoms with E-state index in [4.69, 9.17) is 23.6 Å². The molecule has 1 aromatic heterocycles. The van der Waals surface area contributed by atoms with Gasteiger partial charge in [0.25, 0.3) is 10.1 Å². The first-order valence-corrected chi connectivity index (χ1v) is 16.3. The number of hydrogen-bond donors (Lipinski definition) is 2. The van der Waals surface area contributed by atoms with Crippen LogP contribution in [0.5, 0.6) is 11.5 Å². The molecule has 0 amide bonds. The molecule has 5 rings (SSSR count). The van der Waals surface area contributed by atoms with Gasteiger partial charge in [-0.3, -0.25) is 9.45 Å². The van der Waals surface area contributed by atoms with Crippen LogP contribution in [0.25, 0.3) is 10.9 Å². The van der Waals surface area contributed by atoms with E-state index in [1.807, 2.05) is 73.7 Å². The molecule has 2 heterocycles. The zero-order valence-corrected chi connectivity index (χ0v) is 26.5. The number of nitrogens with zero attached hydrogens (tertiary/aromatic N) is 4. The molecule has 3 aromatic carbocycles. The van der Waals surface area contributed by atoms with Crippen molar-refractivity contribution in [2.75, 3.05) is 58.1 Å². The topological polar surface area (TPSA) is 145 Å². The van der Waals surface area contributed by atoms with E-state index in [0.29, 0.717) is 36.8 Å². The number of rotatable bonds is 12. The molecular formula is C32H39N5O7S. The van der Waals surface area contributed by atoms with Crippen LogP contribution in [0.4, 0.5) is 11.5 Å². The Labute approximate surface area is 263 Å². The zero-order chi connectivity index (χ0) is 32.1. The van der Waals surface area contributed by atoms with Gasteiger partial charge in [0, 0.05) is 36.8 Å². The number of hydrogen-bond acceptors (Lipinski definition) is 11. The maximum Gasteiger partial charge on any atom is 0.261 e. The number of benzene rings is 3. The van der Waals surface area contributed by atoms with Gasteiger partial charge >= 0.3 is 0 Å². The van der Waals surface area contributed by atoms with E-state index in [1.54, 1.807) is 13.4 Å². The van der Waals surface area contributed by atoms with E-state index in [9.17, 15) is 8.42 Å². The van der Waals surface area contributed by atoms with Gasteiger partial charge in [-0.1, -0.05) is 47.6 Å². The van der Waals surface area contributed by atoms with E-state index in [0.717, 1.165) is 72.7 Å². The smallest absolute Gasteiger partial charge is 0.261 e. The Hall–Kier alpha value is -4.30. The molecule has 0 radical (unpaired) electrons. The van der Waals surface area contributed by atoms with Gasteiger partial charge in [-0.25, -0.2) is 9.97 Å². The molecule has 4 aromatic rings. The predicted molar refractivity (Wildman–Crippen MR) is 174 cm³/mol.